The highest BCUT2D eigenvalue weighted by molar-refractivity contribution is 6.06. The van der Waals surface area contributed by atoms with E-state index in [1.807, 2.05) is 31.2 Å². The molecule has 3 aliphatic rings. The van der Waals surface area contributed by atoms with Crippen molar-refractivity contribution in [1.29, 1.82) is 0 Å². The van der Waals surface area contributed by atoms with E-state index in [0.717, 1.165) is 54.5 Å². The Bertz CT molecular complexity index is 999. The second-order valence-corrected chi connectivity index (χ2v) is 10.6. The average Bonchev–Trinajstić information content (AvgIpc) is 3.04. The molecule has 1 aromatic carbocycles. The predicted molar refractivity (Wildman–Crippen MR) is 127 cm³/mol. The molecule has 0 amide bonds. The first kappa shape index (κ1) is 25.0. The molecule has 34 heavy (non-hydrogen) atoms. The lowest BCUT2D eigenvalue weighted by Crippen LogP contribution is -2.62. The summed E-state index contributed by atoms with van der Waals surface area (Å²) in [4.78, 5) is 14.4. The second-order valence-electron chi connectivity index (χ2n) is 10.6. The molecule has 1 unspecified atom stereocenters. The number of benzene rings is 1. The summed E-state index contributed by atoms with van der Waals surface area (Å²) in [6, 6.07) is 5.66. The third-order valence-corrected chi connectivity index (χ3v) is 8.07. The number of methoxy groups -OCH3 is 1. The molecule has 3 nitrogen and oxygen atoms in total. The van der Waals surface area contributed by atoms with Crippen LogP contribution in [0.25, 0.3) is 0 Å². The zero-order chi connectivity index (χ0) is 24.7. The number of carbonyl (C=O) groups excluding carboxylic acids is 1. The molecule has 0 radical (unpaired) electrons. The Kier molecular flexibility index (Phi) is 6.75. The number of nitrogens with one attached hydrogen (secondary N) is 1. The lowest BCUT2D eigenvalue weighted by molar-refractivity contribution is -0.134. The smallest absolute Gasteiger partial charge is 0.381 e. The fraction of sp³-hybridized carbons (Fsp3) is 0.607. The van der Waals surface area contributed by atoms with Crippen LogP contribution >= 0.6 is 0 Å². The number of ether oxygens (including phenoxy) is 1. The Labute approximate surface area is 200 Å². The standard InChI is InChI=1S/C28H36F3NO2/c1-5-22-16-21(14-18(2)3)25(33)28(32-22)24-15-19(8-13-27(29,30)31)6-7-20(24)17-26(28)11-9-23(34-4)10-12-26/h5-7,14-15,18,23,32H,8-13,16-17H2,1-4H3/b21-14-,22-5-. The van der Waals surface area contributed by atoms with Gasteiger partial charge in [0.2, 0.25) is 0 Å². The van der Waals surface area contributed by atoms with Gasteiger partial charge in [0.25, 0.3) is 0 Å². The molecule has 4 rings (SSSR count). The maximum absolute atomic E-state index is 14.4. The number of Topliss-reactive ketones (excluding diaryl/α,β-unsaturated/α-hetero) is 1. The number of hydrogen-bond donors (Lipinski definition) is 1. The van der Waals surface area contributed by atoms with Crippen LogP contribution in [0.2, 0.25) is 0 Å². The van der Waals surface area contributed by atoms with E-state index in [4.69, 9.17) is 4.74 Å². The molecular weight excluding hydrogens is 439 g/mol. The quantitative estimate of drug-likeness (QED) is 0.502. The molecule has 1 saturated heterocycles. The van der Waals surface area contributed by atoms with Crippen LogP contribution < -0.4 is 5.32 Å². The van der Waals surface area contributed by atoms with E-state index in [-0.39, 0.29) is 29.6 Å². The highest BCUT2D eigenvalue weighted by Crippen LogP contribution is 2.60. The number of aryl methyl sites for hydroxylation is 1. The first-order valence-electron chi connectivity index (χ1n) is 12.4. The van der Waals surface area contributed by atoms with E-state index in [2.05, 4.69) is 25.2 Å². The maximum atomic E-state index is 14.4. The summed E-state index contributed by atoms with van der Waals surface area (Å²) in [5, 5.41) is 3.69. The minimum atomic E-state index is -4.21. The van der Waals surface area contributed by atoms with Crippen molar-refractivity contribution in [3.05, 3.63) is 58.3 Å². The van der Waals surface area contributed by atoms with E-state index in [1.165, 1.54) is 0 Å². The zero-order valence-corrected chi connectivity index (χ0v) is 20.6. The van der Waals surface area contributed by atoms with Crippen LogP contribution in [0.15, 0.2) is 41.6 Å². The molecule has 0 bridgehead atoms. The van der Waals surface area contributed by atoms with Crippen molar-refractivity contribution in [2.24, 2.45) is 11.3 Å². The van der Waals surface area contributed by atoms with Crippen LogP contribution in [0.5, 0.6) is 0 Å². The Morgan fingerprint density at radius 2 is 1.94 bits per heavy atom. The van der Waals surface area contributed by atoms with Gasteiger partial charge in [0.1, 0.15) is 5.54 Å². The molecule has 1 heterocycles. The van der Waals surface area contributed by atoms with E-state index < -0.39 is 18.1 Å². The van der Waals surface area contributed by atoms with Gasteiger partial charge in [-0.05, 0) is 68.1 Å². The summed E-state index contributed by atoms with van der Waals surface area (Å²) in [5.74, 6) is 0.320. The first-order chi connectivity index (χ1) is 16.0. The first-order valence-corrected chi connectivity index (χ1v) is 12.4. The fourth-order valence-electron chi connectivity index (χ4n) is 6.42. The number of fused-ring (bicyclic) bond motifs is 3. The number of halogens is 3. The largest absolute Gasteiger partial charge is 0.389 e. The van der Waals surface area contributed by atoms with Crippen molar-refractivity contribution >= 4 is 5.78 Å². The van der Waals surface area contributed by atoms with Gasteiger partial charge >= 0.3 is 6.18 Å². The highest BCUT2D eigenvalue weighted by Gasteiger charge is 2.64. The van der Waals surface area contributed by atoms with Crippen molar-refractivity contribution in [2.75, 3.05) is 7.11 Å². The molecule has 186 valence electrons. The highest BCUT2D eigenvalue weighted by atomic mass is 19.4. The molecule has 1 saturated carbocycles. The molecule has 6 heteroatoms. The molecular formula is C28H36F3NO2. The van der Waals surface area contributed by atoms with Gasteiger partial charge in [-0.1, -0.05) is 44.2 Å². The normalized spacial score (nSPS) is 31.6. The number of hydrogen-bond acceptors (Lipinski definition) is 3. The second kappa shape index (κ2) is 9.18. The van der Waals surface area contributed by atoms with Gasteiger partial charge in [-0.15, -0.1) is 0 Å². The van der Waals surface area contributed by atoms with E-state index in [0.29, 0.717) is 12.0 Å². The minimum Gasteiger partial charge on any atom is -0.381 e. The molecule has 0 aromatic heterocycles. The Balaban J connectivity index is 1.86. The summed E-state index contributed by atoms with van der Waals surface area (Å²) in [6.07, 6.45) is 3.86. The van der Waals surface area contributed by atoms with Gasteiger partial charge < -0.3 is 10.1 Å². The monoisotopic (exact) mass is 475 g/mol. The maximum Gasteiger partial charge on any atom is 0.389 e. The molecule has 2 spiro atoms. The number of allylic oxidation sites excluding steroid dienone is 3. The van der Waals surface area contributed by atoms with Crippen LogP contribution in [0.4, 0.5) is 13.2 Å². The van der Waals surface area contributed by atoms with Gasteiger partial charge in [0.15, 0.2) is 5.78 Å². The fourth-order valence-corrected chi connectivity index (χ4v) is 6.42. The number of rotatable bonds is 4. The van der Waals surface area contributed by atoms with Crippen LogP contribution in [0, 0.1) is 11.3 Å². The molecule has 1 aromatic rings. The lowest BCUT2D eigenvalue weighted by atomic mass is 9.57. The Hall–Kier alpha value is -2.08. The average molecular weight is 476 g/mol. The van der Waals surface area contributed by atoms with Gasteiger partial charge in [-0.3, -0.25) is 4.79 Å². The third-order valence-electron chi connectivity index (χ3n) is 8.07. The lowest BCUT2D eigenvalue weighted by Gasteiger charge is -2.52. The SMILES string of the molecule is C/C=C1/C/C(=C/C(C)C)C(=O)C2(N1)c1cc(CCC(F)(F)F)ccc1CC21CCC(OC)CC1. The van der Waals surface area contributed by atoms with Crippen molar-refractivity contribution in [1.82, 2.24) is 5.32 Å². The predicted octanol–water partition coefficient (Wildman–Crippen LogP) is 6.56. The van der Waals surface area contributed by atoms with E-state index in [9.17, 15) is 18.0 Å². The Morgan fingerprint density at radius 1 is 1.24 bits per heavy atom. The van der Waals surface area contributed by atoms with Crippen molar-refractivity contribution in [2.45, 2.75) is 90.0 Å². The summed E-state index contributed by atoms with van der Waals surface area (Å²) >= 11 is 0. The number of ketones is 1. The zero-order valence-electron chi connectivity index (χ0n) is 20.6. The summed E-state index contributed by atoms with van der Waals surface area (Å²) in [5.41, 5.74) is 3.13. The number of piperidine rings is 1. The number of carbonyl (C=O) groups is 1. The van der Waals surface area contributed by atoms with Crippen molar-refractivity contribution in [3.63, 3.8) is 0 Å². The molecule has 1 atom stereocenters. The van der Waals surface area contributed by atoms with Gasteiger partial charge in [-0.2, -0.15) is 13.2 Å². The summed E-state index contributed by atoms with van der Waals surface area (Å²) in [7, 11) is 1.74. The third kappa shape index (κ3) is 4.34. The van der Waals surface area contributed by atoms with Gasteiger partial charge in [0.05, 0.1) is 6.10 Å². The summed E-state index contributed by atoms with van der Waals surface area (Å²) in [6.45, 7) is 6.12. The Morgan fingerprint density at radius 3 is 2.53 bits per heavy atom. The molecule has 2 fully saturated rings. The van der Waals surface area contributed by atoms with Crippen molar-refractivity contribution in [3.8, 4) is 0 Å². The van der Waals surface area contributed by atoms with Crippen LogP contribution in [-0.4, -0.2) is 25.2 Å². The molecule has 1 aliphatic heterocycles. The topological polar surface area (TPSA) is 38.3 Å². The van der Waals surface area contributed by atoms with Gasteiger partial charge in [-0.25, -0.2) is 0 Å². The van der Waals surface area contributed by atoms with E-state index in [1.54, 1.807) is 7.11 Å². The van der Waals surface area contributed by atoms with E-state index >= 15 is 0 Å². The van der Waals surface area contributed by atoms with Gasteiger partial charge in [0, 0.05) is 36.6 Å². The number of alkyl halides is 3. The van der Waals surface area contributed by atoms with Crippen molar-refractivity contribution < 1.29 is 22.7 Å². The summed E-state index contributed by atoms with van der Waals surface area (Å²) < 4.78 is 44.5. The molecule has 2 aliphatic carbocycles. The van der Waals surface area contributed by atoms with Crippen LogP contribution in [0.3, 0.4) is 0 Å². The van der Waals surface area contributed by atoms with Crippen LogP contribution in [-0.2, 0) is 27.9 Å². The minimum absolute atomic E-state index is 0.0784. The molecule has 1 N–H and O–H groups in total. The van der Waals surface area contributed by atoms with Crippen LogP contribution in [0.1, 0.15) is 76.0 Å².